The van der Waals surface area contributed by atoms with Crippen molar-refractivity contribution < 1.29 is 4.79 Å². The van der Waals surface area contributed by atoms with Crippen molar-refractivity contribution in [2.45, 2.75) is 50.5 Å². The van der Waals surface area contributed by atoms with Crippen molar-refractivity contribution in [3.05, 3.63) is 0 Å². The van der Waals surface area contributed by atoms with Crippen LogP contribution in [-0.4, -0.2) is 35.9 Å². The molecule has 5 heteroatoms. The van der Waals surface area contributed by atoms with E-state index in [0.717, 1.165) is 17.8 Å². The average Bonchev–Trinajstić information content (AvgIpc) is 2.33. The second-order valence-electron chi connectivity index (χ2n) is 7.32. The zero-order chi connectivity index (χ0) is 14.3. The molecule has 0 radical (unpaired) electrons. The molecule has 4 fully saturated rings. The van der Waals surface area contributed by atoms with Crippen molar-refractivity contribution in [2.24, 2.45) is 23.5 Å². The Balaban J connectivity index is 1.59. The highest BCUT2D eigenvalue weighted by atomic mass is 16.2. The third kappa shape index (κ3) is 2.63. The van der Waals surface area contributed by atoms with E-state index >= 15 is 0 Å². The highest BCUT2D eigenvalue weighted by Crippen LogP contribution is 2.55. The van der Waals surface area contributed by atoms with Gasteiger partial charge in [-0.1, -0.05) is 0 Å². The molecule has 5 nitrogen and oxygen atoms in total. The van der Waals surface area contributed by atoms with Gasteiger partial charge in [0.15, 0.2) is 0 Å². The Kier molecular flexibility index (Phi) is 3.38. The van der Waals surface area contributed by atoms with E-state index in [1.54, 1.807) is 11.9 Å². The summed E-state index contributed by atoms with van der Waals surface area (Å²) in [5.41, 5.74) is 5.42. The number of hydrogen-bond donors (Lipinski definition) is 3. The van der Waals surface area contributed by atoms with E-state index in [-0.39, 0.29) is 17.4 Å². The summed E-state index contributed by atoms with van der Waals surface area (Å²) in [6.07, 6.45) is 8.12. The smallest absolute Gasteiger partial charge is 0.317 e. The standard InChI is InChI=1S/C15H26N4O/c1-19(3-2-13(16)17)14(20)18-15-7-10-4-11(8-15)6-12(5-10)9-15/h10-12H,2-9H2,1H3,(H3,16,17)(H,18,20). The normalized spacial score (nSPS) is 37.8. The summed E-state index contributed by atoms with van der Waals surface area (Å²) in [7, 11) is 1.79. The average molecular weight is 278 g/mol. The van der Waals surface area contributed by atoms with Crippen LogP contribution in [0, 0.1) is 23.2 Å². The molecule has 0 aromatic heterocycles. The number of carbonyl (C=O) groups excluding carboxylic acids is 1. The Morgan fingerprint density at radius 3 is 2.20 bits per heavy atom. The third-order valence-corrected chi connectivity index (χ3v) is 5.47. The number of amides is 2. The highest BCUT2D eigenvalue weighted by molar-refractivity contribution is 5.79. The number of rotatable bonds is 4. The number of nitrogens with one attached hydrogen (secondary N) is 2. The van der Waals surface area contributed by atoms with Gasteiger partial charge in [-0.2, -0.15) is 0 Å². The van der Waals surface area contributed by atoms with E-state index in [0.29, 0.717) is 13.0 Å². The molecule has 112 valence electrons. The minimum absolute atomic E-state index is 0.00759. The lowest BCUT2D eigenvalue weighted by molar-refractivity contribution is -0.0152. The quantitative estimate of drug-likeness (QED) is 0.542. The fraction of sp³-hybridized carbons (Fsp3) is 0.867. The van der Waals surface area contributed by atoms with Gasteiger partial charge in [0.25, 0.3) is 0 Å². The molecule has 0 saturated heterocycles. The van der Waals surface area contributed by atoms with Crippen LogP contribution >= 0.6 is 0 Å². The fourth-order valence-electron chi connectivity index (χ4n) is 4.98. The van der Waals surface area contributed by atoms with Gasteiger partial charge in [0.05, 0.1) is 5.84 Å². The van der Waals surface area contributed by atoms with Crippen LogP contribution in [0.3, 0.4) is 0 Å². The molecule has 0 aromatic rings. The maximum absolute atomic E-state index is 12.3. The van der Waals surface area contributed by atoms with Crippen molar-refractivity contribution in [3.8, 4) is 0 Å². The highest BCUT2D eigenvalue weighted by Gasteiger charge is 2.51. The summed E-state index contributed by atoms with van der Waals surface area (Å²) >= 11 is 0. The number of hydrogen-bond acceptors (Lipinski definition) is 2. The van der Waals surface area contributed by atoms with Crippen LogP contribution in [0.5, 0.6) is 0 Å². The molecule has 4 aliphatic rings. The summed E-state index contributed by atoms with van der Waals surface area (Å²) in [5.74, 6) is 2.65. The Morgan fingerprint density at radius 1 is 1.25 bits per heavy atom. The van der Waals surface area contributed by atoms with Crippen LogP contribution in [0.1, 0.15) is 44.9 Å². The lowest BCUT2D eigenvalue weighted by Crippen LogP contribution is -2.61. The predicted molar refractivity (Wildman–Crippen MR) is 78.6 cm³/mol. The van der Waals surface area contributed by atoms with E-state index < -0.39 is 0 Å². The molecule has 4 saturated carbocycles. The molecule has 4 aliphatic carbocycles. The topological polar surface area (TPSA) is 82.2 Å². The lowest BCUT2D eigenvalue weighted by atomic mass is 9.53. The first kappa shape index (κ1) is 13.7. The van der Waals surface area contributed by atoms with E-state index in [1.165, 1.54) is 38.5 Å². The Morgan fingerprint density at radius 2 is 1.75 bits per heavy atom. The summed E-state index contributed by atoms with van der Waals surface area (Å²) < 4.78 is 0. The first-order valence-corrected chi connectivity index (χ1v) is 7.82. The van der Waals surface area contributed by atoms with E-state index in [9.17, 15) is 4.79 Å². The Bertz CT molecular complexity index is 385. The molecule has 4 bridgehead atoms. The second-order valence-corrected chi connectivity index (χ2v) is 7.32. The predicted octanol–water partition coefficient (Wildman–Crippen LogP) is 1.92. The van der Waals surface area contributed by atoms with Gasteiger partial charge in [0, 0.05) is 25.6 Å². The monoisotopic (exact) mass is 278 g/mol. The van der Waals surface area contributed by atoms with Crippen molar-refractivity contribution in [1.29, 1.82) is 5.41 Å². The molecule has 4 N–H and O–H groups in total. The molecular weight excluding hydrogens is 252 g/mol. The number of urea groups is 1. The molecule has 0 aliphatic heterocycles. The maximum atomic E-state index is 12.3. The first-order chi connectivity index (χ1) is 9.46. The minimum atomic E-state index is 0.00759. The summed E-state index contributed by atoms with van der Waals surface area (Å²) in [6.45, 7) is 0.521. The molecule has 2 amide bonds. The number of nitrogens with two attached hydrogens (primary N) is 1. The van der Waals surface area contributed by atoms with E-state index in [4.69, 9.17) is 11.1 Å². The Labute approximate surface area is 120 Å². The van der Waals surface area contributed by atoms with Crippen molar-refractivity contribution in [3.63, 3.8) is 0 Å². The zero-order valence-corrected chi connectivity index (χ0v) is 12.3. The van der Waals surface area contributed by atoms with Crippen LogP contribution in [-0.2, 0) is 0 Å². The molecule has 0 aromatic carbocycles. The van der Waals surface area contributed by atoms with Gasteiger partial charge in [0.1, 0.15) is 0 Å². The third-order valence-electron chi connectivity index (χ3n) is 5.47. The van der Waals surface area contributed by atoms with Crippen LogP contribution < -0.4 is 11.1 Å². The van der Waals surface area contributed by atoms with Gasteiger partial charge < -0.3 is 16.0 Å². The fourth-order valence-corrected chi connectivity index (χ4v) is 4.98. The number of nitrogens with zero attached hydrogens (tertiary/aromatic N) is 1. The van der Waals surface area contributed by atoms with Crippen molar-refractivity contribution in [1.82, 2.24) is 10.2 Å². The molecule has 0 unspecified atom stereocenters. The minimum Gasteiger partial charge on any atom is -0.388 e. The number of amidine groups is 1. The molecular formula is C15H26N4O. The summed E-state index contributed by atoms with van der Waals surface area (Å²) in [4.78, 5) is 14.0. The molecule has 20 heavy (non-hydrogen) atoms. The van der Waals surface area contributed by atoms with Gasteiger partial charge in [-0.05, 0) is 56.3 Å². The van der Waals surface area contributed by atoms with Crippen LogP contribution in [0.4, 0.5) is 4.79 Å². The SMILES string of the molecule is CN(CCC(=N)N)C(=O)NC12CC3CC(CC(C3)C1)C2. The van der Waals surface area contributed by atoms with Gasteiger partial charge in [-0.15, -0.1) is 0 Å². The van der Waals surface area contributed by atoms with E-state index in [2.05, 4.69) is 5.32 Å². The maximum Gasteiger partial charge on any atom is 0.317 e. The zero-order valence-electron chi connectivity index (χ0n) is 12.3. The van der Waals surface area contributed by atoms with Crippen molar-refractivity contribution in [2.75, 3.05) is 13.6 Å². The van der Waals surface area contributed by atoms with Crippen LogP contribution in [0.25, 0.3) is 0 Å². The van der Waals surface area contributed by atoms with Crippen molar-refractivity contribution >= 4 is 11.9 Å². The van der Waals surface area contributed by atoms with Gasteiger partial charge in [0.2, 0.25) is 0 Å². The number of carbonyl (C=O) groups is 1. The van der Waals surface area contributed by atoms with E-state index in [1.807, 2.05) is 0 Å². The molecule has 0 atom stereocenters. The summed E-state index contributed by atoms with van der Waals surface area (Å²) in [6, 6.07) is 0.00759. The molecule has 0 heterocycles. The van der Waals surface area contributed by atoms with Gasteiger partial charge in [-0.25, -0.2) is 4.79 Å². The lowest BCUT2D eigenvalue weighted by Gasteiger charge is -2.57. The second kappa shape index (κ2) is 4.93. The Hall–Kier alpha value is -1.26. The van der Waals surface area contributed by atoms with Gasteiger partial charge >= 0.3 is 6.03 Å². The van der Waals surface area contributed by atoms with Crippen LogP contribution in [0.15, 0.2) is 0 Å². The molecule has 4 rings (SSSR count). The van der Waals surface area contributed by atoms with Crippen LogP contribution in [0.2, 0.25) is 0 Å². The molecule has 0 spiro atoms. The van der Waals surface area contributed by atoms with Gasteiger partial charge in [-0.3, -0.25) is 5.41 Å². The summed E-state index contributed by atoms with van der Waals surface area (Å²) in [5, 5.41) is 10.6. The first-order valence-electron chi connectivity index (χ1n) is 7.82. The largest absolute Gasteiger partial charge is 0.388 e.